The van der Waals surface area contributed by atoms with E-state index in [4.69, 9.17) is 0 Å². The molecule has 136 valence electrons. The van der Waals surface area contributed by atoms with Gasteiger partial charge in [0, 0.05) is 12.6 Å². The lowest BCUT2D eigenvalue weighted by Gasteiger charge is -2.11. The molecular formula is C17H15F2N3O2S2. The summed E-state index contributed by atoms with van der Waals surface area (Å²) in [6.07, 6.45) is 0.749. The van der Waals surface area contributed by atoms with Crippen molar-refractivity contribution in [2.75, 3.05) is 11.1 Å². The van der Waals surface area contributed by atoms with Crippen molar-refractivity contribution in [3.05, 3.63) is 51.6 Å². The topological polar surface area (TPSA) is 64.0 Å². The van der Waals surface area contributed by atoms with Crippen LogP contribution in [0.1, 0.15) is 13.3 Å². The minimum absolute atomic E-state index is 0.0530. The Bertz CT molecular complexity index is 1020. The molecular weight excluding hydrogens is 380 g/mol. The van der Waals surface area contributed by atoms with Crippen LogP contribution in [0.3, 0.4) is 0 Å². The minimum atomic E-state index is -0.843. The van der Waals surface area contributed by atoms with Gasteiger partial charge in [0.1, 0.15) is 16.3 Å². The van der Waals surface area contributed by atoms with Crippen molar-refractivity contribution in [3.63, 3.8) is 0 Å². The van der Waals surface area contributed by atoms with E-state index in [1.165, 1.54) is 11.3 Å². The van der Waals surface area contributed by atoms with Crippen LogP contribution < -0.4 is 10.9 Å². The molecule has 26 heavy (non-hydrogen) atoms. The van der Waals surface area contributed by atoms with Gasteiger partial charge in [-0.1, -0.05) is 18.7 Å². The van der Waals surface area contributed by atoms with E-state index < -0.39 is 17.5 Å². The van der Waals surface area contributed by atoms with Crippen LogP contribution in [-0.4, -0.2) is 21.2 Å². The number of anilines is 1. The summed E-state index contributed by atoms with van der Waals surface area (Å²) in [6.45, 7) is 2.44. The molecule has 0 atom stereocenters. The molecule has 1 N–H and O–H groups in total. The second kappa shape index (κ2) is 7.96. The molecule has 3 rings (SSSR count). The summed E-state index contributed by atoms with van der Waals surface area (Å²) in [5, 5.41) is 4.63. The zero-order chi connectivity index (χ0) is 18.7. The van der Waals surface area contributed by atoms with Crippen LogP contribution in [0.15, 0.2) is 39.6 Å². The standard InChI is InChI=1S/C17H15F2N3O2S2/c1-2-6-22-16(24)15-13(5-7-25-15)21-17(22)26-9-14(23)20-12-4-3-10(18)8-11(12)19/h3-5,7-8H,2,6,9H2,1H3,(H,20,23). The monoisotopic (exact) mass is 395 g/mol. The van der Waals surface area contributed by atoms with E-state index in [2.05, 4.69) is 10.3 Å². The van der Waals surface area contributed by atoms with E-state index in [-0.39, 0.29) is 17.0 Å². The van der Waals surface area contributed by atoms with Crippen molar-refractivity contribution < 1.29 is 13.6 Å². The third-order valence-corrected chi connectivity index (χ3v) is 5.38. The SMILES string of the molecule is CCCn1c(SCC(=O)Nc2ccc(F)cc2F)nc2ccsc2c1=O. The van der Waals surface area contributed by atoms with Crippen molar-refractivity contribution in [1.82, 2.24) is 9.55 Å². The van der Waals surface area contributed by atoms with Crippen LogP contribution in [0, 0.1) is 11.6 Å². The molecule has 5 nitrogen and oxygen atoms in total. The second-order valence-electron chi connectivity index (χ2n) is 5.45. The van der Waals surface area contributed by atoms with E-state index in [1.54, 1.807) is 16.0 Å². The summed E-state index contributed by atoms with van der Waals surface area (Å²) in [6, 6.07) is 4.69. The Hall–Kier alpha value is -2.26. The molecule has 0 saturated carbocycles. The molecule has 0 aliphatic rings. The maximum Gasteiger partial charge on any atom is 0.272 e. The van der Waals surface area contributed by atoms with E-state index in [9.17, 15) is 18.4 Å². The highest BCUT2D eigenvalue weighted by atomic mass is 32.2. The Morgan fingerprint density at radius 1 is 1.35 bits per heavy atom. The molecule has 0 fully saturated rings. The molecule has 2 aromatic heterocycles. The Morgan fingerprint density at radius 3 is 2.88 bits per heavy atom. The quantitative estimate of drug-likeness (QED) is 0.508. The number of aromatic nitrogens is 2. The highest BCUT2D eigenvalue weighted by molar-refractivity contribution is 7.99. The number of thiophene rings is 1. The number of rotatable bonds is 6. The number of hydrogen-bond donors (Lipinski definition) is 1. The van der Waals surface area contributed by atoms with E-state index in [0.717, 1.165) is 30.3 Å². The normalized spacial score (nSPS) is 11.0. The summed E-state index contributed by atoms with van der Waals surface area (Å²) in [7, 11) is 0. The predicted molar refractivity (Wildman–Crippen MR) is 99.9 cm³/mol. The molecule has 1 aromatic carbocycles. The van der Waals surface area contributed by atoms with Gasteiger partial charge in [-0.15, -0.1) is 11.3 Å². The molecule has 0 radical (unpaired) electrons. The molecule has 0 saturated heterocycles. The van der Waals surface area contributed by atoms with Gasteiger partial charge in [0.2, 0.25) is 5.91 Å². The largest absolute Gasteiger partial charge is 0.323 e. The Morgan fingerprint density at radius 2 is 2.15 bits per heavy atom. The van der Waals surface area contributed by atoms with Crippen LogP contribution in [-0.2, 0) is 11.3 Å². The van der Waals surface area contributed by atoms with Gasteiger partial charge in [-0.05, 0) is 30.0 Å². The van der Waals surface area contributed by atoms with Crippen molar-refractivity contribution in [3.8, 4) is 0 Å². The molecule has 0 bridgehead atoms. The van der Waals surface area contributed by atoms with Crippen LogP contribution in [0.2, 0.25) is 0 Å². The first-order chi connectivity index (χ1) is 12.5. The van der Waals surface area contributed by atoms with Crippen LogP contribution in [0.5, 0.6) is 0 Å². The number of amides is 1. The first kappa shape index (κ1) is 18.5. The lowest BCUT2D eigenvalue weighted by atomic mass is 10.3. The number of carbonyl (C=O) groups excluding carboxylic acids is 1. The third-order valence-electron chi connectivity index (χ3n) is 3.52. The molecule has 2 heterocycles. The maximum atomic E-state index is 13.6. The molecule has 0 spiro atoms. The number of nitrogens with one attached hydrogen (secondary N) is 1. The van der Waals surface area contributed by atoms with Crippen molar-refractivity contribution in [2.24, 2.45) is 0 Å². The highest BCUT2D eigenvalue weighted by Gasteiger charge is 2.14. The van der Waals surface area contributed by atoms with Crippen LogP contribution in [0.25, 0.3) is 10.2 Å². The number of nitrogens with zero attached hydrogens (tertiary/aromatic N) is 2. The van der Waals surface area contributed by atoms with E-state index >= 15 is 0 Å². The van der Waals surface area contributed by atoms with Crippen molar-refractivity contribution in [1.29, 1.82) is 0 Å². The first-order valence-electron chi connectivity index (χ1n) is 7.85. The fourth-order valence-corrected chi connectivity index (χ4v) is 3.97. The Kier molecular flexibility index (Phi) is 5.67. The van der Waals surface area contributed by atoms with Gasteiger partial charge in [-0.2, -0.15) is 0 Å². The summed E-state index contributed by atoms with van der Waals surface area (Å²) in [5.41, 5.74) is 0.378. The lowest BCUT2D eigenvalue weighted by molar-refractivity contribution is -0.113. The molecule has 0 aliphatic carbocycles. The van der Waals surface area contributed by atoms with E-state index in [0.29, 0.717) is 28.0 Å². The molecule has 1 amide bonds. The van der Waals surface area contributed by atoms with Gasteiger partial charge < -0.3 is 5.32 Å². The van der Waals surface area contributed by atoms with Crippen LogP contribution in [0.4, 0.5) is 14.5 Å². The smallest absolute Gasteiger partial charge is 0.272 e. The summed E-state index contributed by atoms with van der Waals surface area (Å²) >= 11 is 2.44. The molecule has 0 aliphatic heterocycles. The fourth-order valence-electron chi connectivity index (χ4n) is 2.36. The van der Waals surface area contributed by atoms with Gasteiger partial charge >= 0.3 is 0 Å². The summed E-state index contributed by atoms with van der Waals surface area (Å²) in [5.74, 6) is -2.08. The fraction of sp³-hybridized carbons (Fsp3) is 0.235. The van der Waals surface area contributed by atoms with Gasteiger partial charge in [0.25, 0.3) is 5.56 Å². The lowest BCUT2D eigenvalue weighted by Crippen LogP contribution is -2.23. The van der Waals surface area contributed by atoms with Crippen molar-refractivity contribution in [2.45, 2.75) is 25.0 Å². The molecule has 9 heteroatoms. The number of fused-ring (bicyclic) bond motifs is 1. The number of halogens is 2. The summed E-state index contributed by atoms with van der Waals surface area (Å²) < 4.78 is 28.7. The van der Waals surface area contributed by atoms with Gasteiger partial charge in [-0.3, -0.25) is 14.2 Å². The Balaban J connectivity index is 1.77. The minimum Gasteiger partial charge on any atom is -0.323 e. The zero-order valence-corrected chi connectivity index (χ0v) is 15.4. The first-order valence-corrected chi connectivity index (χ1v) is 9.72. The zero-order valence-electron chi connectivity index (χ0n) is 13.8. The second-order valence-corrected chi connectivity index (χ2v) is 7.31. The average Bonchev–Trinajstić information content (AvgIpc) is 3.07. The number of carbonyl (C=O) groups is 1. The number of hydrogen-bond acceptors (Lipinski definition) is 5. The molecule has 3 aromatic rings. The van der Waals surface area contributed by atoms with Gasteiger partial charge in [-0.25, -0.2) is 13.8 Å². The van der Waals surface area contributed by atoms with E-state index in [1.807, 2.05) is 6.92 Å². The number of benzene rings is 1. The predicted octanol–water partition coefficient (Wildman–Crippen LogP) is 3.88. The average molecular weight is 395 g/mol. The van der Waals surface area contributed by atoms with Crippen molar-refractivity contribution >= 4 is 44.9 Å². The maximum absolute atomic E-state index is 13.6. The number of thioether (sulfide) groups is 1. The summed E-state index contributed by atoms with van der Waals surface area (Å²) in [4.78, 5) is 29.1. The Labute approximate surface area is 156 Å². The third kappa shape index (κ3) is 3.94. The molecule has 0 unspecified atom stereocenters. The van der Waals surface area contributed by atoms with Gasteiger partial charge in [0.05, 0.1) is 17.0 Å². The van der Waals surface area contributed by atoms with Crippen LogP contribution >= 0.6 is 23.1 Å². The van der Waals surface area contributed by atoms with Gasteiger partial charge in [0.15, 0.2) is 5.16 Å². The highest BCUT2D eigenvalue weighted by Crippen LogP contribution is 2.22.